The van der Waals surface area contributed by atoms with Gasteiger partial charge in [-0.3, -0.25) is 4.98 Å². The number of benzene rings is 3. The molecule has 4 heterocycles. The molecular formula is C34H30BrN3O5. The first-order valence-corrected chi connectivity index (χ1v) is 14.8. The maximum Gasteiger partial charge on any atom is 0.337 e. The van der Waals surface area contributed by atoms with Crippen LogP contribution < -0.4 is 0 Å². The Balaban J connectivity index is 0.000000229. The van der Waals surface area contributed by atoms with Crippen LogP contribution in [-0.4, -0.2) is 51.9 Å². The summed E-state index contributed by atoms with van der Waals surface area (Å²) in [6.45, 7) is 1.53. The smallest absolute Gasteiger partial charge is 0.337 e. The van der Waals surface area contributed by atoms with Crippen molar-refractivity contribution >= 4 is 60.7 Å². The number of aromatic amines is 1. The number of fused-ring (bicyclic) bond motifs is 4. The number of rotatable bonds is 5. The molecule has 1 fully saturated rings. The van der Waals surface area contributed by atoms with E-state index in [1.807, 2.05) is 42.6 Å². The van der Waals surface area contributed by atoms with Crippen LogP contribution in [0.2, 0.25) is 0 Å². The van der Waals surface area contributed by atoms with Gasteiger partial charge in [0, 0.05) is 40.9 Å². The van der Waals surface area contributed by atoms with Crippen molar-refractivity contribution < 1.29 is 24.2 Å². The summed E-state index contributed by atoms with van der Waals surface area (Å²) < 4.78 is 14.0. The van der Waals surface area contributed by atoms with Gasteiger partial charge in [-0.1, -0.05) is 42.5 Å². The average molecular weight is 641 g/mol. The SMILES string of the molecule is COC(=O)c1ccc2c3ncc(Br)cc3n([C@H](c3ccccc3)C3CCOCC3)c2c1.O=C(O)c1cccc2cc[nH]c12. The fourth-order valence-electron chi connectivity index (χ4n) is 6.00. The van der Waals surface area contributed by atoms with E-state index in [0.717, 1.165) is 57.9 Å². The molecule has 2 N–H and O–H groups in total. The lowest BCUT2D eigenvalue weighted by molar-refractivity contribution is 0.0552. The lowest BCUT2D eigenvalue weighted by Gasteiger charge is -2.33. The van der Waals surface area contributed by atoms with Gasteiger partial charge in [-0.05, 0) is 76.7 Å². The molecule has 7 rings (SSSR count). The van der Waals surface area contributed by atoms with E-state index in [2.05, 4.69) is 55.8 Å². The van der Waals surface area contributed by atoms with E-state index in [1.165, 1.54) is 12.7 Å². The zero-order chi connectivity index (χ0) is 29.9. The zero-order valence-electron chi connectivity index (χ0n) is 23.5. The molecule has 43 heavy (non-hydrogen) atoms. The molecule has 218 valence electrons. The van der Waals surface area contributed by atoms with Crippen LogP contribution >= 0.6 is 15.9 Å². The number of esters is 1. The molecule has 0 radical (unpaired) electrons. The van der Waals surface area contributed by atoms with Crippen LogP contribution in [0, 0.1) is 5.92 Å². The monoisotopic (exact) mass is 639 g/mol. The molecule has 8 nitrogen and oxygen atoms in total. The number of carboxylic acids is 1. The number of halogens is 1. The largest absolute Gasteiger partial charge is 0.478 e. The molecule has 1 saturated heterocycles. The summed E-state index contributed by atoms with van der Waals surface area (Å²) in [7, 11) is 1.41. The second kappa shape index (κ2) is 12.4. The minimum Gasteiger partial charge on any atom is -0.478 e. The molecule has 1 aliphatic heterocycles. The van der Waals surface area contributed by atoms with Crippen molar-refractivity contribution in [3.8, 4) is 0 Å². The van der Waals surface area contributed by atoms with E-state index >= 15 is 0 Å². The number of para-hydroxylation sites is 1. The molecule has 0 amide bonds. The molecule has 3 aromatic heterocycles. The highest BCUT2D eigenvalue weighted by molar-refractivity contribution is 9.10. The third-order valence-corrected chi connectivity index (χ3v) is 8.41. The third kappa shape index (κ3) is 5.66. The van der Waals surface area contributed by atoms with Crippen LogP contribution in [0.3, 0.4) is 0 Å². The van der Waals surface area contributed by atoms with Gasteiger partial charge in [0.05, 0.1) is 46.3 Å². The molecular weight excluding hydrogens is 610 g/mol. The van der Waals surface area contributed by atoms with Gasteiger partial charge in [0.2, 0.25) is 0 Å². The molecule has 6 aromatic rings. The number of nitrogens with zero attached hydrogens (tertiary/aromatic N) is 2. The van der Waals surface area contributed by atoms with Crippen LogP contribution in [0.5, 0.6) is 0 Å². The predicted octanol–water partition coefficient (Wildman–Crippen LogP) is 7.62. The molecule has 0 aliphatic carbocycles. The van der Waals surface area contributed by atoms with Crippen molar-refractivity contribution in [1.29, 1.82) is 0 Å². The minimum absolute atomic E-state index is 0.106. The number of hydrogen-bond donors (Lipinski definition) is 2. The highest BCUT2D eigenvalue weighted by Crippen LogP contribution is 2.41. The maximum atomic E-state index is 12.3. The van der Waals surface area contributed by atoms with Crippen LogP contribution in [0.15, 0.2) is 95.7 Å². The fraction of sp³-hybridized carbons (Fsp3) is 0.206. The molecule has 0 saturated carbocycles. The Morgan fingerprint density at radius 2 is 1.81 bits per heavy atom. The number of hydrogen-bond acceptors (Lipinski definition) is 5. The van der Waals surface area contributed by atoms with E-state index in [0.29, 0.717) is 22.6 Å². The van der Waals surface area contributed by atoms with E-state index in [9.17, 15) is 9.59 Å². The summed E-state index contributed by atoms with van der Waals surface area (Å²) in [6, 6.07) is 25.6. The van der Waals surface area contributed by atoms with Gasteiger partial charge in [-0.2, -0.15) is 0 Å². The molecule has 9 heteroatoms. The number of H-pyrrole nitrogens is 1. The summed E-state index contributed by atoms with van der Waals surface area (Å²) in [4.78, 5) is 30.6. The molecule has 0 unspecified atom stereocenters. The van der Waals surface area contributed by atoms with Crippen molar-refractivity contribution in [2.75, 3.05) is 20.3 Å². The van der Waals surface area contributed by atoms with Crippen molar-refractivity contribution in [1.82, 2.24) is 14.5 Å². The second-order valence-corrected chi connectivity index (χ2v) is 11.4. The van der Waals surface area contributed by atoms with Gasteiger partial charge in [0.25, 0.3) is 0 Å². The highest BCUT2D eigenvalue weighted by Gasteiger charge is 2.30. The summed E-state index contributed by atoms with van der Waals surface area (Å²) in [5.74, 6) is -0.825. The maximum absolute atomic E-state index is 12.3. The second-order valence-electron chi connectivity index (χ2n) is 10.5. The summed E-state index contributed by atoms with van der Waals surface area (Å²) in [5.41, 5.74) is 5.76. The first-order chi connectivity index (χ1) is 21.0. The fourth-order valence-corrected chi connectivity index (χ4v) is 6.32. The zero-order valence-corrected chi connectivity index (χ0v) is 25.1. The molecule has 1 aliphatic rings. The molecule has 3 aromatic carbocycles. The lowest BCUT2D eigenvalue weighted by atomic mass is 9.86. The quantitative estimate of drug-likeness (QED) is 0.188. The van der Waals surface area contributed by atoms with E-state index < -0.39 is 5.97 Å². The van der Waals surface area contributed by atoms with Crippen molar-refractivity contribution in [2.24, 2.45) is 5.92 Å². The van der Waals surface area contributed by atoms with Crippen LogP contribution in [0.25, 0.3) is 32.8 Å². The van der Waals surface area contributed by atoms with E-state index in [4.69, 9.17) is 19.6 Å². The molecule has 0 spiro atoms. The highest BCUT2D eigenvalue weighted by atomic mass is 79.9. The number of aromatic carboxylic acids is 1. The molecule has 1 atom stereocenters. The first kappa shape index (κ1) is 28.6. The van der Waals surface area contributed by atoms with Gasteiger partial charge in [0.1, 0.15) is 0 Å². The Morgan fingerprint density at radius 3 is 2.56 bits per heavy atom. The van der Waals surface area contributed by atoms with Gasteiger partial charge in [-0.25, -0.2) is 9.59 Å². The minimum atomic E-state index is -0.900. The lowest BCUT2D eigenvalue weighted by Crippen LogP contribution is -2.27. The topological polar surface area (TPSA) is 106 Å². The standard InChI is InChI=1S/C25H23BrN2O3.C9H7NO2/c1-30-25(29)18-7-8-20-21(13-18)28(22-14-19(26)15-27-23(20)22)24(16-5-3-2-4-6-16)17-9-11-31-12-10-17;11-9(12)7-3-1-2-6-4-5-10-8(6)7/h2-8,13-15,17,24H,9-12H2,1H3;1-5,10H,(H,11,12)/t24-;/m1./s1. The van der Waals surface area contributed by atoms with Crippen LogP contribution in [0.1, 0.15) is 45.2 Å². The Morgan fingerprint density at radius 1 is 1.02 bits per heavy atom. The normalized spacial score (nSPS) is 14.4. The van der Waals surface area contributed by atoms with Gasteiger partial charge in [-0.15, -0.1) is 0 Å². The summed E-state index contributed by atoms with van der Waals surface area (Å²) in [6.07, 6.45) is 5.53. The van der Waals surface area contributed by atoms with Crippen LogP contribution in [0.4, 0.5) is 0 Å². The molecule has 0 bridgehead atoms. The number of aromatic nitrogens is 3. The van der Waals surface area contributed by atoms with E-state index in [-0.39, 0.29) is 12.0 Å². The number of nitrogens with one attached hydrogen (secondary N) is 1. The van der Waals surface area contributed by atoms with Crippen molar-refractivity contribution in [3.05, 3.63) is 112 Å². The first-order valence-electron chi connectivity index (χ1n) is 14.1. The number of carbonyl (C=O) groups excluding carboxylic acids is 1. The average Bonchev–Trinajstić information content (AvgIpc) is 3.65. The Hall–Kier alpha value is -4.47. The van der Waals surface area contributed by atoms with Crippen molar-refractivity contribution in [2.45, 2.75) is 18.9 Å². The number of pyridine rings is 1. The number of carboxylic acid groups (broad SMARTS) is 1. The van der Waals surface area contributed by atoms with Gasteiger partial charge in [0.15, 0.2) is 0 Å². The third-order valence-electron chi connectivity index (χ3n) is 7.98. The Bertz CT molecular complexity index is 1930. The van der Waals surface area contributed by atoms with Gasteiger partial charge >= 0.3 is 11.9 Å². The number of ether oxygens (including phenoxy) is 2. The van der Waals surface area contributed by atoms with Gasteiger partial charge < -0.3 is 24.1 Å². The predicted molar refractivity (Wildman–Crippen MR) is 170 cm³/mol. The summed E-state index contributed by atoms with van der Waals surface area (Å²) in [5, 5.41) is 10.7. The Kier molecular flexibility index (Phi) is 8.26. The Labute approximate surface area is 256 Å². The number of carbonyl (C=O) groups is 2. The number of methoxy groups -OCH3 is 1. The van der Waals surface area contributed by atoms with Crippen molar-refractivity contribution in [3.63, 3.8) is 0 Å². The van der Waals surface area contributed by atoms with Crippen LogP contribution in [-0.2, 0) is 9.47 Å². The van der Waals surface area contributed by atoms with E-state index in [1.54, 1.807) is 18.3 Å². The summed E-state index contributed by atoms with van der Waals surface area (Å²) >= 11 is 3.60.